The first-order valence-corrected chi connectivity index (χ1v) is 8.22. The van der Waals surface area contributed by atoms with Crippen molar-refractivity contribution in [1.29, 1.82) is 0 Å². The van der Waals surface area contributed by atoms with Gasteiger partial charge in [-0.25, -0.2) is 0 Å². The Morgan fingerprint density at radius 2 is 1.82 bits per heavy atom. The summed E-state index contributed by atoms with van der Waals surface area (Å²) in [5.41, 5.74) is 0.181. The molecule has 100 valence electrons. The highest BCUT2D eigenvalue weighted by atomic mass is 79.9. The van der Waals surface area contributed by atoms with E-state index in [1.165, 1.54) is 6.42 Å². The van der Waals surface area contributed by atoms with Crippen molar-refractivity contribution in [3.8, 4) is 0 Å². The lowest BCUT2D eigenvalue weighted by atomic mass is 9.69. The average molecular weight is 370 g/mol. The van der Waals surface area contributed by atoms with Crippen molar-refractivity contribution in [3.63, 3.8) is 0 Å². The topological polar surface area (TPSA) is 18.5 Å². The fourth-order valence-corrected chi connectivity index (χ4v) is 4.94. The molecule has 4 heteroatoms. The van der Waals surface area contributed by atoms with E-state index in [0.717, 1.165) is 13.0 Å². The predicted molar refractivity (Wildman–Crippen MR) is 76.8 cm³/mol. The molecule has 0 aromatic rings. The van der Waals surface area contributed by atoms with Gasteiger partial charge in [0, 0.05) is 0 Å². The molecule has 1 saturated heterocycles. The summed E-state index contributed by atoms with van der Waals surface area (Å²) in [7, 11) is 0. The molecule has 0 N–H and O–H groups in total. The maximum Gasteiger partial charge on any atom is 0.194 e. The molecule has 0 unspecified atom stereocenters. The quantitative estimate of drug-likeness (QED) is 0.598. The van der Waals surface area contributed by atoms with Gasteiger partial charge in [0.2, 0.25) is 0 Å². The summed E-state index contributed by atoms with van der Waals surface area (Å²) in [6.07, 6.45) is 2.42. The molecule has 0 amide bonds. The van der Waals surface area contributed by atoms with Crippen LogP contribution in [0.25, 0.3) is 0 Å². The largest absolute Gasteiger partial charge is 0.348 e. The molecule has 1 heterocycles. The number of hydrogen-bond donors (Lipinski definition) is 0. The number of ether oxygens (including phenoxy) is 2. The Bertz CT molecular complexity index is 295. The third kappa shape index (κ3) is 2.35. The number of hydrogen-bond acceptors (Lipinski definition) is 2. The summed E-state index contributed by atoms with van der Waals surface area (Å²) >= 11 is 7.66. The zero-order valence-electron chi connectivity index (χ0n) is 11.0. The van der Waals surface area contributed by atoms with Crippen molar-refractivity contribution in [3.05, 3.63) is 0 Å². The van der Waals surface area contributed by atoms with Gasteiger partial charge in [-0.3, -0.25) is 0 Å². The lowest BCUT2D eigenvalue weighted by molar-refractivity contribution is -0.308. The van der Waals surface area contributed by atoms with Crippen LogP contribution in [0.3, 0.4) is 0 Å². The fourth-order valence-electron chi connectivity index (χ4n) is 3.19. The summed E-state index contributed by atoms with van der Waals surface area (Å²) in [5.74, 6) is 0.0304. The van der Waals surface area contributed by atoms with Crippen molar-refractivity contribution in [2.45, 2.75) is 62.1 Å². The highest BCUT2D eigenvalue weighted by Crippen LogP contribution is 2.54. The molecule has 1 aliphatic heterocycles. The highest BCUT2D eigenvalue weighted by Gasteiger charge is 2.59. The molecular weight excluding hydrogens is 348 g/mol. The molecule has 2 rings (SSSR count). The van der Waals surface area contributed by atoms with Crippen molar-refractivity contribution in [2.75, 3.05) is 6.61 Å². The van der Waals surface area contributed by atoms with Crippen molar-refractivity contribution >= 4 is 31.9 Å². The standard InChI is InChI=1S/C13H22Br2O2/c1-8-7-12(3,4)11(15)13(10(8)14)16-6-5-9(2)17-13/h8-11H,5-7H2,1-4H3/t8-,9-,10-,11-,13-/m1/s1. The molecule has 0 aromatic heterocycles. The molecule has 1 saturated carbocycles. The van der Waals surface area contributed by atoms with Crippen LogP contribution in [-0.4, -0.2) is 28.2 Å². The minimum Gasteiger partial charge on any atom is -0.348 e. The lowest BCUT2D eigenvalue weighted by Crippen LogP contribution is -2.64. The molecule has 1 aliphatic carbocycles. The third-order valence-corrected chi connectivity index (χ3v) is 7.43. The summed E-state index contributed by atoms with van der Waals surface area (Å²) < 4.78 is 12.3. The van der Waals surface area contributed by atoms with E-state index in [1.807, 2.05) is 0 Å². The van der Waals surface area contributed by atoms with Crippen LogP contribution < -0.4 is 0 Å². The maximum absolute atomic E-state index is 6.23. The highest BCUT2D eigenvalue weighted by molar-refractivity contribution is 9.10. The normalized spacial score (nSPS) is 50.5. The van der Waals surface area contributed by atoms with E-state index in [2.05, 4.69) is 59.6 Å². The SMILES string of the molecule is C[C@@H]1CCO[C@@]2(O1)[C@H](Br)[C@H](C)CC(C)(C)[C@H]2Br. The first-order chi connectivity index (χ1) is 7.79. The van der Waals surface area contributed by atoms with Crippen LogP contribution >= 0.6 is 31.9 Å². The Balaban J connectivity index is 2.33. The van der Waals surface area contributed by atoms with Crippen LogP contribution in [0.5, 0.6) is 0 Å². The second kappa shape index (κ2) is 4.77. The lowest BCUT2D eigenvalue weighted by Gasteiger charge is -2.56. The first kappa shape index (κ1) is 14.3. The summed E-state index contributed by atoms with van der Waals surface area (Å²) in [6.45, 7) is 9.77. The van der Waals surface area contributed by atoms with E-state index in [9.17, 15) is 0 Å². The van der Waals surface area contributed by atoms with Gasteiger partial charge >= 0.3 is 0 Å². The summed E-state index contributed by atoms with van der Waals surface area (Å²) in [4.78, 5) is 0.459. The Morgan fingerprint density at radius 3 is 2.41 bits per heavy atom. The molecule has 2 fully saturated rings. The Hall–Kier alpha value is 0.880. The van der Waals surface area contributed by atoms with Gasteiger partial charge in [-0.15, -0.1) is 0 Å². The summed E-state index contributed by atoms with van der Waals surface area (Å²) in [5, 5.41) is 0. The zero-order chi connectivity index (χ0) is 12.8. The minimum absolute atomic E-state index is 0.181. The van der Waals surface area contributed by atoms with E-state index in [4.69, 9.17) is 9.47 Å². The monoisotopic (exact) mass is 368 g/mol. The van der Waals surface area contributed by atoms with Crippen molar-refractivity contribution < 1.29 is 9.47 Å². The molecule has 0 radical (unpaired) electrons. The van der Waals surface area contributed by atoms with Crippen molar-refractivity contribution in [2.24, 2.45) is 11.3 Å². The fraction of sp³-hybridized carbons (Fsp3) is 1.00. The Kier molecular flexibility index (Phi) is 4.01. The predicted octanol–water partition coefficient (Wildman–Crippen LogP) is 4.10. The molecule has 5 atom stereocenters. The van der Waals surface area contributed by atoms with Gasteiger partial charge in [-0.05, 0) is 31.1 Å². The minimum atomic E-state index is -0.515. The van der Waals surface area contributed by atoms with Gasteiger partial charge in [0.15, 0.2) is 5.79 Å². The number of halogens is 2. The first-order valence-electron chi connectivity index (χ1n) is 6.39. The average Bonchev–Trinajstić information content (AvgIpc) is 2.24. The smallest absolute Gasteiger partial charge is 0.194 e. The summed E-state index contributed by atoms with van der Waals surface area (Å²) in [6, 6.07) is 0. The second-order valence-electron chi connectivity index (χ2n) is 6.22. The van der Waals surface area contributed by atoms with Crippen LogP contribution in [0.4, 0.5) is 0 Å². The molecule has 2 nitrogen and oxygen atoms in total. The van der Waals surface area contributed by atoms with Gasteiger partial charge in [-0.2, -0.15) is 0 Å². The molecule has 17 heavy (non-hydrogen) atoms. The van der Waals surface area contributed by atoms with Crippen LogP contribution in [0.1, 0.15) is 40.5 Å². The Labute approximate surface area is 121 Å². The van der Waals surface area contributed by atoms with Crippen LogP contribution in [-0.2, 0) is 9.47 Å². The number of rotatable bonds is 0. The van der Waals surface area contributed by atoms with Gasteiger partial charge in [0.05, 0.1) is 22.4 Å². The van der Waals surface area contributed by atoms with Gasteiger partial charge in [0.1, 0.15) is 0 Å². The van der Waals surface area contributed by atoms with E-state index < -0.39 is 5.79 Å². The third-order valence-electron chi connectivity index (χ3n) is 4.01. The van der Waals surface area contributed by atoms with E-state index in [1.54, 1.807) is 0 Å². The Morgan fingerprint density at radius 1 is 1.18 bits per heavy atom. The second-order valence-corrected chi connectivity index (χ2v) is 8.12. The van der Waals surface area contributed by atoms with Gasteiger partial charge in [0.25, 0.3) is 0 Å². The van der Waals surface area contributed by atoms with Crippen LogP contribution in [0, 0.1) is 11.3 Å². The molecule has 0 aromatic carbocycles. The molecule has 0 bridgehead atoms. The van der Waals surface area contributed by atoms with Gasteiger partial charge < -0.3 is 9.47 Å². The maximum atomic E-state index is 6.23. The molecular formula is C13H22Br2O2. The van der Waals surface area contributed by atoms with Crippen molar-refractivity contribution in [1.82, 2.24) is 0 Å². The van der Waals surface area contributed by atoms with Crippen LogP contribution in [0.15, 0.2) is 0 Å². The zero-order valence-corrected chi connectivity index (χ0v) is 14.2. The van der Waals surface area contributed by atoms with E-state index in [0.29, 0.717) is 5.92 Å². The van der Waals surface area contributed by atoms with E-state index in [-0.39, 0.29) is 21.2 Å². The van der Waals surface area contributed by atoms with Crippen LogP contribution in [0.2, 0.25) is 0 Å². The van der Waals surface area contributed by atoms with E-state index >= 15 is 0 Å². The van der Waals surface area contributed by atoms with Gasteiger partial charge in [-0.1, -0.05) is 52.6 Å². The molecule has 1 spiro atoms. The number of alkyl halides is 2. The molecule has 2 aliphatic rings.